The summed E-state index contributed by atoms with van der Waals surface area (Å²) in [5, 5.41) is 17.7. The van der Waals surface area contributed by atoms with Gasteiger partial charge in [-0.2, -0.15) is 0 Å². The molecule has 4 rings (SSSR count). The van der Waals surface area contributed by atoms with E-state index in [0.717, 1.165) is 10.6 Å². The summed E-state index contributed by atoms with van der Waals surface area (Å²) in [6.45, 7) is 9.02. The number of nitro groups is 1. The van der Waals surface area contributed by atoms with Crippen molar-refractivity contribution in [3.05, 3.63) is 52.1 Å². The molecule has 2 heterocycles. The van der Waals surface area contributed by atoms with E-state index in [2.05, 4.69) is 15.5 Å². The first-order valence-electron chi connectivity index (χ1n) is 11.5. The third kappa shape index (κ3) is 6.04. The Hall–Kier alpha value is -3.31. The summed E-state index contributed by atoms with van der Waals surface area (Å²) in [6.07, 6.45) is -0.311. The highest BCUT2D eigenvalue weighted by atomic mass is 32.2. The zero-order valence-electron chi connectivity index (χ0n) is 20.0. The predicted molar refractivity (Wildman–Crippen MR) is 134 cm³/mol. The number of carbonyl (C=O) groups is 2. The lowest BCUT2D eigenvalue weighted by Gasteiger charge is -2.35. The largest absolute Gasteiger partial charge is 0.444 e. The van der Waals surface area contributed by atoms with E-state index in [0.29, 0.717) is 49.9 Å². The number of nitrogens with zero attached hydrogens (tertiary/aromatic N) is 3. The Bertz CT molecular complexity index is 1140. The van der Waals surface area contributed by atoms with Crippen LogP contribution in [-0.4, -0.2) is 71.6 Å². The number of carbonyl (C=O) groups excluding carboxylic acids is 2. The van der Waals surface area contributed by atoms with E-state index in [1.54, 1.807) is 11.0 Å². The van der Waals surface area contributed by atoms with Gasteiger partial charge in [0.2, 0.25) is 0 Å². The lowest BCUT2D eigenvalue weighted by Crippen LogP contribution is -2.51. The normalized spacial score (nSPS) is 15.5. The molecule has 0 spiro atoms. The molecule has 186 valence electrons. The number of para-hydroxylation sites is 1. The lowest BCUT2D eigenvalue weighted by atomic mass is 10.1. The van der Waals surface area contributed by atoms with E-state index >= 15 is 0 Å². The van der Waals surface area contributed by atoms with Crippen LogP contribution >= 0.6 is 11.8 Å². The van der Waals surface area contributed by atoms with Gasteiger partial charge in [-0.25, -0.2) is 4.79 Å². The maximum atomic E-state index is 12.8. The van der Waals surface area contributed by atoms with E-state index in [-0.39, 0.29) is 23.3 Å². The van der Waals surface area contributed by atoms with Crippen molar-refractivity contribution < 1.29 is 19.2 Å². The average molecular weight is 500 g/mol. The number of piperazine rings is 1. The minimum absolute atomic E-state index is 0.132. The van der Waals surface area contributed by atoms with Crippen molar-refractivity contribution in [3.63, 3.8) is 0 Å². The highest BCUT2D eigenvalue weighted by Gasteiger charge is 2.28. The van der Waals surface area contributed by atoms with E-state index in [1.807, 2.05) is 45.0 Å². The predicted octanol–water partition coefficient (Wildman–Crippen LogP) is 4.09. The Morgan fingerprint density at radius 1 is 1.14 bits per heavy atom. The molecule has 2 aromatic rings. The number of nitro benzene ring substituents is 1. The van der Waals surface area contributed by atoms with Crippen LogP contribution in [0.15, 0.2) is 46.2 Å². The van der Waals surface area contributed by atoms with Gasteiger partial charge in [0, 0.05) is 60.7 Å². The second-order valence-corrected chi connectivity index (χ2v) is 10.5. The van der Waals surface area contributed by atoms with Crippen molar-refractivity contribution in [2.45, 2.75) is 36.2 Å². The quantitative estimate of drug-likeness (QED) is 0.398. The van der Waals surface area contributed by atoms with Crippen molar-refractivity contribution >= 4 is 40.8 Å². The molecule has 10 nitrogen and oxygen atoms in total. The van der Waals surface area contributed by atoms with Gasteiger partial charge in [0.25, 0.3) is 11.6 Å². The standard InChI is InChI=1S/C24H29N5O5S/c1-24(2,3)34-23(31)28-12-10-27(11-13-28)9-8-25-22(30)16-14-18(29(32)33)21-20(15-16)35-19-7-5-4-6-17(19)26-21/h4-7,14-15,26H,8-13H2,1-3H3,(H,25,30). The van der Waals surface area contributed by atoms with Gasteiger partial charge < -0.3 is 20.3 Å². The molecule has 1 saturated heterocycles. The number of anilines is 2. The Kier molecular flexibility index (Phi) is 7.18. The minimum Gasteiger partial charge on any atom is -0.444 e. The maximum absolute atomic E-state index is 12.8. The Morgan fingerprint density at radius 3 is 2.54 bits per heavy atom. The first-order chi connectivity index (χ1) is 16.6. The van der Waals surface area contributed by atoms with E-state index in [4.69, 9.17) is 4.74 Å². The van der Waals surface area contributed by atoms with Gasteiger partial charge in [0.15, 0.2) is 0 Å². The van der Waals surface area contributed by atoms with Gasteiger partial charge in [-0.15, -0.1) is 0 Å². The summed E-state index contributed by atoms with van der Waals surface area (Å²) >= 11 is 1.40. The SMILES string of the molecule is CC(C)(C)OC(=O)N1CCN(CCNC(=O)c2cc3c(c([N+](=O)[O-])c2)Nc2ccccc2S3)CC1. The van der Waals surface area contributed by atoms with Crippen LogP contribution in [0.5, 0.6) is 0 Å². The van der Waals surface area contributed by atoms with Crippen LogP contribution in [0.3, 0.4) is 0 Å². The fourth-order valence-electron chi connectivity index (χ4n) is 3.90. The molecule has 0 unspecified atom stereocenters. The van der Waals surface area contributed by atoms with E-state index < -0.39 is 10.5 Å². The molecule has 2 aromatic carbocycles. The first-order valence-corrected chi connectivity index (χ1v) is 12.3. The molecule has 35 heavy (non-hydrogen) atoms. The van der Waals surface area contributed by atoms with Gasteiger partial charge in [-0.05, 0) is 39.0 Å². The number of ether oxygens (including phenoxy) is 1. The van der Waals surface area contributed by atoms with Crippen LogP contribution in [0.1, 0.15) is 31.1 Å². The van der Waals surface area contributed by atoms with Crippen LogP contribution < -0.4 is 10.6 Å². The van der Waals surface area contributed by atoms with Gasteiger partial charge >= 0.3 is 6.09 Å². The highest BCUT2D eigenvalue weighted by Crippen LogP contribution is 2.48. The highest BCUT2D eigenvalue weighted by molar-refractivity contribution is 7.99. The Balaban J connectivity index is 1.33. The zero-order chi connectivity index (χ0) is 25.2. The van der Waals surface area contributed by atoms with Crippen molar-refractivity contribution in [1.29, 1.82) is 0 Å². The van der Waals surface area contributed by atoms with Gasteiger partial charge in [0.1, 0.15) is 11.3 Å². The number of nitrogens with one attached hydrogen (secondary N) is 2. The summed E-state index contributed by atoms with van der Waals surface area (Å²) in [7, 11) is 0. The molecular weight excluding hydrogens is 470 g/mol. The molecule has 2 aliphatic heterocycles. The minimum atomic E-state index is -0.526. The Morgan fingerprint density at radius 2 is 1.86 bits per heavy atom. The third-order valence-corrected chi connectivity index (χ3v) is 6.76. The van der Waals surface area contributed by atoms with Gasteiger partial charge in [0.05, 0.1) is 10.6 Å². The van der Waals surface area contributed by atoms with Crippen molar-refractivity contribution in [1.82, 2.24) is 15.1 Å². The fraction of sp³-hybridized carbons (Fsp3) is 0.417. The number of hydrogen-bond acceptors (Lipinski definition) is 8. The van der Waals surface area contributed by atoms with E-state index in [9.17, 15) is 19.7 Å². The molecule has 0 atom stereocenters. The van der Waals surface area contributed by atoms with Crippen LogP contribution in [-0.2, 0) is 4.74 Å². The van der Waals surface area contributed by atoms with Crippen LogP contribution in [0.25, 0.3) is 0 Å². The molecule has 11 heteroatoms. The first kappa shape index (κ1) is 24.8. The average Bonchev–Trinajstić information content (AvgIpc) is 2.81. The van der Waals surface area contributed by atoms with E-state index in [1.165, 1.54) is 17.8 Å². The summed E-state index contributed by atoms with van der Waals surface area (Å²) in [6, 6.07) is 10.6. The smallest absolute Gasteiger partial charge is 0.410 e. The third-order valence-electron chi connectivity index (χ3n) is 5.64. The number of benzene rings is 2. The van der Waals surface area contributed by atoms with Crippen LogP contribution in [0, 0.1) is 10.1 Å². The van der Waals surface area contributed by atoms with Gasteiger partial charge in [-0.3, -0.25) is 19.8 Å². The van der Waals surface area contributed by atoms with Crippen LogP contribution in [0.4, 0.5) is 21.9 Å². The summed E-state index contributed by atoms with van der Waals surface area (Å²) in [4.78, 5) is 41.7. The molecule has 0 radical (unpaired) electrons. The fourth-order valence-corrected chi connectivity index (χ4v) is 4.96. The molecule has 0 saturated carbocycles. The summed E-state index contributed by atoms with van der Waals surface area (Å²) in [5.41, 5.74) is 0.796. The number of fused-ring (bicyclic) bond motifs is 2. The molecule has 2 amide bonds. The number of hydrogen-bond donors (Lipinski definition) is 2. The topological polar surface area (TPSA) is 117 Å². The molecule has 1 fully saturated rings. The van der Waals surface area contributed by atoms with Crippen molar-refractivity contribution in [2.24, 2.45) is 0 Å². The van der Waals surface area contributed by atoms with Crippen molar-refractivity contribution in [2.75, 3.05) is 44.6 Å². The van der Waals surface area contributed by atoms with Crippen molar-refractivity contribution in [3.8, 4) is 0 Å². The molecule has 0 bridgehead atoms. The number of rotatable bonds is 5. The molecule has 2 aliphatic rings. The molecule has 0 aliphatic carbocycles. The second kappa shape index (κ2) is 10.1. The maximum Gasteiger partial charge on any atom is 0.410 e. The summed E-state index contributed by atoms with van der Waals surface area (Å²) < 4.78 is 5.42. The Labute approximate surface area is 208 Å². The van der Waals surface area contributed by atoms with Crippen LogP contribution in [0.2, 0.25) is 0 Å². The summed E-state index contributed by atoms with van der Waals surface area (Å²) in [5.74, 6) is -0.359. The molecule has 2 N–H and O–H groups in total. The molecular formula is C24H29N5O5S. The van der Waals surface area contributed by atoms with Gasteiger partial charge in [-0.1, -0.05) is 23.9 Å². The zero-order valence-corrected chi connectivity index (χ0v) is 20.8. The number of amides is 2. The lowest BCUT2D eigenvalue weighted by molar-refractivity contribution is -0.384. The second-order valence-electron chi connectivity index (χ2n) is 9.41. The molecule has 0 aromatic heterocycles. The monoisotopic (exact) mass is 499 g/mol.